The molecule has 0 amide bonds. The molecule has 0 atom stereocenters. The number of ether oxygens (including phenoxy) is 1. The lowest BCUT2D eigenvalue weighted by Gasteiger charge is -2.31. The molecule has 0 radical (unpaired) electrons. The second-order valence-corrected chi connectivity index (χ2v) is 17.0. The summed E-state index contributed by atoms with van der Waals surface area (Å²) < 4.78 is 5.57. The van der Waals surface area contributed by atoms with Crippen molar-refractivity contribution in [3.05, 3.63) is 86.5 Å². The van der Waals surface area contributed by atoms with Gasteiger partial charge in [0.05, 0.1) is 7.11 Å². The first kappa shape index (κ1) is 35.5. The highest BCUT2D eigenvalue weighted by Gasteiger charge is 2.29. The van der Waals surface area contributed by atoms with Crippen molar-refractivity contribution in [1.82, 2.24) is 4.90 Å². The number of aryl methyl sites for hydroxylation is 2. The van der Waals surface area contributed by atoms with Crippen LogP contribution in [0.1, 0.15) is 133 Å². The van der Waals surface area contributed by atoms with E-state index in [2.05, 4.69) is 138 Å². The minimum Gasteiger partial charge on any atom is -0.507 e. The van der Waals surface area contributed by atoms with Gasteiger partial charge < -0.3 is 14.9 Å². The fourth-order valence-electron chi connectivity index (χ4n) is 6.09. The van der Waals surface area contributed by atoms with E-state index >= 15 is 0 Å². The molecule has 44 heavy (non-hydrogen) atoms. The Morgan fingerprint density at radius 1 is 0.523 bits per heavy atom. The van der Waals surface area contributed by atoms with E-state index in [1.54, 1.807) is 7.11 Å². The maximum Gasteiger partial charge on any atom is 0.123 e. The molecule has 4 heteroatoms. The second kappa shape index (κ2) is 12.4. The molecule has 2 N–H and O–H groups in total. The van der Waals surface area contributed by atoms with Crippen molar-refractivity contribution in [1.29, 1.82) is 0 Å². The van der Waals surface area contributed by atoms with Crippen molar-refractivity contribution < 1.29 is 14.9 Å². The average Bonchev–Trinajstić information content (AvgIpc) is 2.85. The summed E-state index contributed by atoms with van der Waals surface area (Å²) in [6.07, 6.45) is 0. The molecule has 0 unspecified atom stereocenters. The van der Waals surface area contributed by atoms with E-state index in [-0.39, 0.29) is 21.7 Å². The van der Waals surface area contributed by atoms with E-state index in [1.165, 1.54) is 27.8 Å². The van der Waals surface area contributed by atoms with E-state index in [4.69, 9.17) is 4.74 Å². The van der Waals surface area contributed by atoms with Gasteiger partial charge >= 0.3 is 0 Å². The van der Waals surface area contributed by atoms with Crippen molar-refractivity contribution in [2.45, 2.75) is 138 Å². The summed E-state index contributed by atoms with van der Waals surface area (Å²) in [6.45, 7) is 32.5. The SMILES string of the molecule is COc1cc(C)c(CN(Cc2cc(C(C)(C)C)c(O)c(C(C)(C)C)c2)Cc2cc(C(C)(C)C)c(O)c(C(C)(C)C)c2)c(C)c1. The van der Waals surface area contributed by atoms with E-state index < -0.39 is 0 Å². The van der Waals surface area contributed by atoms with Gasteiger partial charge in [0.15, 0.2) is 0 Å². The Hall–Kier alpha value is -2.98. The van der Waals surface area contributed by atoms with Gasteiger partial charge in [-0.15, -0.1) is 0 Å². The number of aromatic hydroxyl groups is 2. The van der Waals surface area contributed by atoms with E-state index in [0.29, 0.717) is 24.6 Å². The summed E-state index contributed by atoms with van der Waals surface area (Å²) >= 11 is 0. The molecule has 0 saturated heterocycles. The van der Waals surface area contributed by atoms with Crippen molar-refractivity contribution in [2.75, 3.05) is 7.11 Å². The minimum atomic E-state index is -0.200. The van der Waals surface area contributed by atoms with Gasteiger partial charge in [-0.2, -0.15) is 0 Å². The zero-order valence-electron chi connectivity index (χ0n) is 30.3. The van der Waals surface area contributed by atoms with E-state index in [0.717, 1.165) is 34.5 Å². The third kappa shape index (κ3) is 8.18. The van der Waals surface area contributed by atoms with Gasteiger partial charge in [-0.05, 0) is 97.7 Å². The lowest BCUT2D eigenvalue weighted by atomic mass is 9.78. The molecule has 3 rings (SSSR count). The molecule has 0 aliphatic heterocycles. The fraction of sp³-hybridized carbons (Fsp3) is 0.550. The number of phenols is 2. The Labute approximate surface area is 268 Å². The average molecular weight is 602 g/mol. The van der Waals surface area contributed by atoms with Crippen LogP contribution in [0.2, 0.25) is 0 Å². The number of phenolic OH excluding ortho intramolecular Hbond substituents is 2. The molecule has 0 saturated carbocycles. The molecule has 3 aromatic carbocycles. The van der Waals surface area contributed by atoms with Crippen molar-refractivity contribution >= 4 is 0 Å². The highest BCUT2D eigenvalue weighted by molar-refractivity contribution is 5.51. The summed E-state index contributed by atoms with van der Waals surface area (Å²) in [4.78, 5) is 2.50. The Bertz CT molecular complexity index is 1310. The van der Waals surface area contributed by atoms with E-state index in [1.807, 2.05) is 0 Å². The second-order valence-electron chi connectivity index (χ2n) is 17.0. The summed E-state index contributed by atoms with van der Waals surface area (Å²) in [5.74, 6) is 1.69. The number of methoxy groups -OCH3 is 1. The van der Waals surface area contributed by atoms with Gasteiger partial charge in [-0.3, -0.25) is 4.90 Å². The molecule has 4 nitrogen and oxygen atoms in total. The van der Waals surface area contributed by atoms with Crippen LogP contribution in [0, 0.1) is 13.8 Å². The van der Waals surface area contributed by atoms with Crippen LogP contribution in [0.4, 0.5) is 0 Å². The Balaban J connectivity index is 2.23. The van der Waals surface area contributed by atoms with Crippen LogP contribution in [0.5, 0.6) is 17.2 Å². The summed E-state index contributed by atoms with van der Waals surface area (Å²) in [7, 11) is 1.72. The van der Waals surface area contributed by atoms with Gasteiger partial charge in [-0.1, -0.05) is 107 Å². The zero-order chi connectivity index (χ0) is 33.6. The lowest BCUT2D eigenvalue weighted by molar-refractivity contribution is 0.245. The maximum atomic E-state index is 11.4. The number of benzene rings is 3. The van der Waals surface area contributed by atoms with Crippen LogP contribution in [-0.4, -0.2) is 22.2 Å². The Morgan fingerprint density at radius 2 is 0.818 bits per heavy atom. The standard InChI is InChI=1S/C40H59NO3/c1-25-16-29(44-15)17-26(2)30(25)24-41(22-27-18-31(37(3,4)5)35(42)32(19-27)38(6,7)8)23-28-20-33(39(9,10)11)36(43)34(21-28)40(12,13)14/h16-21,42-43H,22-24H2,1-15H3. The number of rotatable bonds is 7. The molecule has 0 bridgehead atoms. The molecular weight excluding hydrogens is 542 g/mol. The largest absolute Gasteiger partial charge is 0.507 e. The van der Waals surface area contributed by atoms with Gasteiger partial charge in [0.25, 0.3) is 0 Å². The third-order valence-electron chi connectivity index (χ3n) is 8.67. The predicted octanol–water partition coefficient (Wildman–Crippen LogP) is 10.1. The molecule has 242 valence electrons. The van der Waals surface area contributed by atoms with Gasteiger partial charge in [0.2, 0.25) is 0 Å². The minimum absolute atomic E-state index is 0.200. The molecule has 0 aliphatic carbocycles. The first-order chi connectivity index (χ1) is 19.9. The van der Waals surface area contributed by atoms with Crippen LogP contribution < -0.4 is 4.74 Å². The van der Waals surface area contributed by atoms with Crippen molar-refractivity contribution in [3.63, 3.8) is 0 Å². The van der Waals surface area contributed by atoms with Crippen LogP contribution in [0.25, 0.3) is 0 Å². The fourth-order valence-corrected chi connectivity index (χ4v) is 6.09. The Morgan fingerprint density at radius 3 is 1.07 bits per heavy atom. The molecule has 0 aromatic heterocycles. The number of nitrogens with zero attached hydrogens (tertiary/aromatic N) is 1. The summed E-state index contributed by atoms with van der Waals surface area (Å²) in [5, 5.41) is 22.8. The monoisotopic (exact) mass is 601 g/mol. The van der Waals surface area contributed by atoms with Gasteiger partial charge in [-0.25, -0.2) is 0 Å². The first-order valence-corrected chi connectivity index (χ1v) is 16.0. The molecule has 0 fully saturated rings. The summed E-state index contributed by atoms with van der Waals surface area (Å²) in [6, 6.07) is 13.0. The maximum absolute atomic E-state index is 11.4. The predicted molar refractivity (Wildman–Crippen MR) is 186 cm³/mol. The highest BCUT2D eigenvalue weighted by Crippen LogP contribution is 2.42. The van der Waals surface area contributed by atoms with Gasteiger partial charge in [0, 0.05) is 19.6 Å². The van der Waals surface area contributed by atoms with Gasteiger partial charge in [0.1, 0.15) is 17.2 Å². The van der Waals surface area contributed by atoms with Crippen LogP contribution in [-0.2, 0) is 41.3 Å². The van der Waals surface area contributed by atoms with Crippen LogP contribution in [0.3, 0.4) is 0 Å². The molecule has 0 aliphatic rings. The summed E-state index contributed by atoms with van der Waals surface area (Å²) in [5.41, 5.74) is 9.20. The molecule has 0 heterocycles. The smallest absolute Gasteiger partial charge is 0.123 e. The number of hydrogen-bond donors (Lipinski definition) is 2. The van der Waals surface area contributed by atoms with E-state index in [9.17, 15) is 10.2 Å². The topological polar surface area (TPSA) is 52.9 Å². The normalized spacial score (nSPS) is 13.1. The van der Waals surface area contributed by atoms with Crippen molar-refractivity contribution in [3.8, 4) is 17.2 Å². The highest BCUT2D eigenvalue weighted by atomic mass is 16.5. The molecular formula is C40H59NO3. The molecule has 0 spiro atoms. The van der Waals surface area contributed by atoms with Crippen molar-refractivity contribution in [2.24, 2.45) is 0 Å². The zero-order valence-corrected chi connectivity index (χ0v) is 30.3. The number of hydrogen-bond acceptors (Lipinski definition) is 4. The first-order valence-electron chi connectivity index (χ1n) is 16.0. The molecule has 3 aromatic rings. The quantitative estimate of drug-likeness (QED) is 0.283. The van der Waals surface area contributed by atoms with Crippen LogP contribution >= 0.6 is 0 Å². The van der Waals surface area contributed by atoms with Crippen LogP contribution in [0.15, 0.2) is 36.4 Å². The third-order valence-corrected chi connectivity index (χ3v) is 8.67. The lowest BCUT2D eigenvalue weighted by Crippen LogP contribution is -2.26. The Kier molecular flexibility index (Phi) is 10.0.